The highest BCUT2D eigenvalue weighted by Gasteiger charge is 2.18. The van der Waals surface area contributed by atoms with Crippen molar-refractivity contribution in [2.45, 2.75) is 25.8 Å². The number of nitrogens with one attached hydrogen (secondary N) is 1. The maximum absolute atomic E-state index is 12.9. The van der Waals surface area contributed by atoms with Gasteiger partial charge in [0.2, 0.25) is 5.91 Å². The molecule has 1 rings (SSSR count). The minimum atomic E-state index is -0.439. The van der Waals surface area contributed by atoms with Gasteiger partial charge < -0.3 is 5.32 Å². The number of alkyl halides is 1. The van der Waals surface area contributed by atoms with E-state index >= 15 is 0 Å². The third kappa shape index (κ3) is 4.19. The summed E-state index contributed by atoms with van der Waals surface area (Å²) in [5.74, 6) is -0.153. The molecule has 88 valence electrons. The van der Waals surface area contributed by atoms with E-state index in [1.165, 1.54) is 12.1 Å². The Labute approximate surface area is 99.8 Å². The van der Waals surface area contributed by atoms with Gasteiger partial charge in [-0.15, -0.1) is 11.6 Å². The molecule has 0 heterocycles. The molecule has 0 bridgehead atoms. The Morgan fingerprint density at radius 3 is 2.75 bits per heavy atom. The van der Waals surface area contributed by atoms with Gasteiger partial charge in [-0.3, -0.25) is 4.79 Å². The summed E-state index contributed by atoms with van der Waals surface area (Å²) in [6.45, 7) is 3.67. The summed E-state index contributed by atoms with van der Waals surface area (Å²) < 4.78 is 12.9. The molecule has 2 nitrogen and oxygen atoms in total. The van der Waals surface area contributed by atoms with Gasteiger partial charge in [-0.25, -0.2) is 4.39 Å². The first-order valence-electron chi connectivity index (χ1n) is 5.04. The zero-order chi connectivity index (χ0) is 12.2. The summed E-state index contributed by atoms with van der Waals surface area (Å²) in [4.78, 5) is 11.6. The topological polar surface area (TPSA) is 29.1 Å². The molecule has 1 aromatic carbocycles. The fourth-order valence-electron chi connectivity index (χ4n) is 1.29. The van der Waals surface area contributed by atoms with E-state index in [4.69, 9.17) is 11.6 Å². The first-order chi connectivity index (χ1) is 7.43. The molecular weight excluding hydrogens is 229 g/mol. The van der Waals surface area contributed by atoms with Gasteiger partial charge >= 0.3 is 0 Å². The maximum atomic E-state index is 12.9. The van der Waals surface area contributed by atoms with Crippen LogP contribution in [-0.2, 0) is 11.2 Å². The molecule has 16 heavy (non-hydrogen) atoms. The van der Waals surface area contributed by atoms with E-state index < -0.39 is 5.54 Å². The van der Waals surface area contributed by atoms with Gasteiger partial charge in [0.1, 0.15) is 5.82 Å². The number of rotatable bonds is 4. The van der Waals surface area contributed by atoms with Gasteiger partial charge in [0.25, 0.3) is 0 Å². The number of hydrogen-bond acceptors (Lipinski definition) is 1. The van der Waals surface area contributed by atoms with E-state index in [9.17, 15) is 9.18 Å². The lowest BCUT2D eigenvalue weighted by molar-refractivity contribution is -0.121. The fraction of sp³-hybridized carbons (Fsp3) is 0.417. The second-order valence-corrected chi connectivity index (χ2v) is 4.64. The van der Waals surface area contributed by atoms with Crippen LogP contribution in [0.3, 0.4) is 0 Å². The average Bonchev–Trinajstić information content (AvgIpc) is 2.16. The van der Waals surface area contributed by atoms with Crippen LogP contribution in [-0.4, -0.2) is 17.3 Å². The molecule has 1 aromatic rings. The van der Waals surface area contributed by atoms with Crippen molar-refractivity contribution in [3.63, 3.8) is 0 Å². The molecule has 0 radical (unpaired) electrons. The second kappa shape index (κ2) is 5.30. The SMILES string of the molecule is CC(C)(CCl)NC(=O)Cc1cccc(F)c1. The van der Waals surface area contributed by atoms with Gasteiger partial charge in [-0.2, -0.15) is 0 Å². The van der Waals surface area contributed by atoms with E-state index in [0.29, 0.717) is 11.4 Å². The van der Waals surface area contributed by atoms with Crippen molar-refractivity contribution in [3.8, 4) is 0 Å². The molecule has 0 aromatic heterocycles. The van der Waals surface area contributed by atoms with Crippen molar-refractivity contribution in [1.29, 1.82) is 0 Å². The fourth-order valence-corrected chi connectivity index (χ4v) is 1.35. The van der Waals surface area contributed by atoms with Crippen LogP contribution >= 0.6 is 11.6 Å². The van der Waals surface area contributed by atoms with Crippen LogP contribution in [0.4, 0.5) is 4.39 Å². The summed E-state index contributed by atoms with van der Waals surface area (Å²) in [7, 11) is 0. The monoisotopic (exact) mass is 243 g/mol. The summed E-state index contributed by atoms with van der Waals surface area (Å²) in [6.07, 6.45) is 0.165. The molecule has 1 N–H and O–H groups in total. The molecule has 0 fully saturated rings. The third-order valence-electron chi connectivity index (χ3n) is 2.07. The van der Waals surface area contributed by atoms with Crippen LogP contribution < -0.4 is 5.32 Å². The van der Waals surface area contributed by atoms with Crippen molar-refractivity contribution < 1.29 is 9.18 Å². The minimum Gasteiger partial charge on any atom is -0.350 e. The van der Waals surface area contributed by atoms with Gasteiger partial charge in [-0.05, 0) is 31.5 Å². The maximum Gasteiger partial charge on any atom is 0.224 e. The van der Waals surface area contributed by atoms with E-state index in [0.717, 1.165) is 0 Å². The van der Waals surface area contributed by atoms with Crippen molar-refractivity contribution in [1.82, 2.24) is 5.32 Å². The van der Waals surface area contributed by atoms with E-state index in [-0.39, 0.29) is 18.1 Å². The summed E-state index contributed by atoms with van der Waals surface area (Å²) >= 11 is 5.69. The molecule has 0 spiro atoms. The molecule has 1 amide bonds. The van der Waals surface area contributed by atoms with E-state index in [1.54, 1.807) is 12.1 Å². The smallest absolute Gasteiger partial charge is 0.224 e. The van der Waals surface area contributed by atoms with Crippen molar-refractivity contribution in [3.05, 3.63) is 35.6 Å². The van der Waals surface area contributed by atoms with Gasteiger partial charge in [-0.1, -0.05) is 12.1 Å². The van der Waals surface area contributed by atoms with E-state index in [1.807, 2.05) is 13.8 Å². The normalized spacial score (nSPS) is 11.2. The Morgan fingerprint density at radius 1 is 1.50 bits per heavy atom. The zero-order valence-corrected chi connectivity index (χ0v) is 10.1. The Morgan fingerprint density at radius 2 is 2.19 bits per heavy atom. The zero-order valence-electron chi connectivity index (χ0n) is 9.39. The standard InChI is InChI=1S/C12H15ClFNO/c1-12(2,8-13)15-11(16)7-9-4-3-5-10(14)6-9/h3-6H,7-8H2,1-2H3,(H,15,16). The van der Waals surface area contributed by atoms with Crippen LogP contribution in [0.15, 0.2) is 24.3 Å². The second-order valence-electron chi connectivity index (χ2n) is 4.37. The number of halogens is 2. The molecule has 0 saturated carbocycles. The first-order valence-corrected chi connectivity index (χ1v) is 5.58. The Bertz CT molecular complexity index is 379. The predicted octanol–water partition coefficient (Wildman–Crippen LogP) is 2.50. The van der Waals surface area contributed by atoms with Crippen LogP contribution in [0.2, 0.25) is 0 Å². The Hall–Kier alpha value is -1.09. The minimum absolute atomic E-state index is 0.156. The molecule has 0 saturated heterocycles. The highest BCUT2D eigenvalue weighted by molar-refractivity contribution is 6.18. The predicted molar refractivity (Wildman–Crippen MR) is 63.0 cm³/mol. The van der Waals surface area contributed by atoms with Crippen LogP contribution in [0.5, 0.6) is 0 Å². The van der Waals surface area contributed by atoms with Crippen LogP contribution in [0.1, 0.15) is 19.4 Å². The molecule has 0 aliphatic carbocycles. The van der Waals surface area contributed by atoms with Crippen LogP contribution in [0.25, 0.3) is 0 Å². The third-order valence-corrected chi connectivity index (χ3v) is 2.73. The summed E-state index contributed by atoms with van der Waals surface area (Å²) in [5.41, 5.74) is 0.217. The summed E-state index contributed by atoms with van der Waals surface area (Å²) in [6, 6.07) is 6.01. The van der Waals surface area contributed by atoms with Crippen molar-refractivity contribution in [2.24, 2.45) is 0 Å². The summed E-state index contributed by atoms with van der Waals surface area (Å²) in [5, 5.41) is 2.78. The number of carbonyl (C=O) groups excluding carboxylic acids is 1. The number of hydrogen-bond donors (Lipinski definition) is 1. The molecule has 0 unspecified atom stereocenters. The molecule has 0 aliphatic heterocycles. The lowest BCUT2D eigenvalue weighted by Crippen LogP contribution is -2.45. The Balaban J connectivity index is 2.59. The largest absolute Gasteiger partial charge is 0.350 e. The number of amides is 1. The van der Waals surface area contributed by atoms with Gasteiger partial charge in [0.15, 0.2) is 0 Å². The first kappa shape index (κ1) is 13.0. The molecule has 0 aliphatic rings. The molecule has 0 atom stereocenters. The van der Waals surface area contributed by atoms with Crippen molar-refractivity contribution in [2.75, 3.05) is 5.88 Å². The lowest BCUT2D eigenvalue weighted by Gasteiger charge is -2.23. The number of carbonyl (C=O) groups is 1. The highest BCUT2D eigenvalue weighted by Crippen LogP contribution is 2.07. The van der Waals surface area contributed by atoms with Crippen LogP contribution in [0, 0.1) is 5.82 Å². The van der Waals surface area contributed by atoms with Gasteiger partial charge in [0, 0.05) is 11.4 Å². The number of benzene rings is 1. The molecular formula is C12H15ClFNO. The highest BCUT2D eigenvalue weighted by atomic mass is 35.5. The van der Waals surface area contributed by atoms with Gasteiger partial charge in [0.05, 0.1) is 6.42 Å². The Kier molecular flexibility index (Phi) is 4.30. The van der Waals surface area contributed by atoms with E-state index in [2.05, 4.69) is 5.32 Å². The lowest BCUT2D eigenvalue weighted by atomic mass is 10.1. The quantitative estimate of drug-likeness (QED) is 0.809. The average molecular weight is 244 g/mol. The molecule has 4 heteroatoms. The van der Waals surface area contributed by atoms with Crippen molar-refractivity contribution >= 4 is 17.5 Å².